The Hall–Kier alpha value is -0.670. The number of piperidine rings is 1. The van der Waals surface area contributed by atoms with E-state index >= 15 is 0 Å². The molecule has 2 rings (SSSR count). The first kappa shape index (κ1) is 11.8. The van der Waals surface area contributed by atoms with Crippen LogP contribution in [0.1, 0.15) is 38.3 Å². The van der Waals surface area contributed by atoms with Gasteiger partial charge in [-0.15, -0.1) is 0 Å². The summed E-state index contributed by atoms with van der Waals surface area (Å²) in [5.74, 6) is 0.442. The lowest BCUT2D eigenvalue weighted by atomic mass is 9.94. The van der Waals surface area contributed by atoms with Crippen molar-refractivity contribution in [2.24, 2.45) is 0 Å². The molecule has 1 aliphatic heterocycles. The number of nitrogens with zero attached hydrogens (tertiary/aromatic N) is 3. The number of hydrogen-bond donors (Lipinski definition) is 0. The molecule has 0 bridgehead atoms. The normalized spacial score (nSPS) is 22.6. The molecule has 0 saturated carbocycles. The second kappa shape index (κ2) is 5.11. The van der Waals surface area contributed by atoms with E-state index in [0.29, 0.717) is 17.1 Å². The minimum atomic E-state index is 0.442. The zero-order chi connectivity index (χ0) is 11.5. The van der Waals surface area contributed by atoms with E-state index in [1.54, 1.807) is 12.4 Å². The fourth-order valence-electron chi connectivity index (χ4n) is 2.30. The Morgan fingerprint density at radius 2 is 2.12 bits per heavy atom. The van der Waals surface area contributed by atoms with Gasteiger partial charge in [-0.25, -0.2) is 4.98 Å². The fraction of sp³-hybridized carbons (Fsp3) is 0.667. The molecule has 0 spiro atoms. The highest BCUT2D eigenvalue weighted by Gasteiger charge is 2.25. The number of rotatable bonds is 2. The van der Waals surface area contributed by atoms with E-state index < -0.39 is 0 Å². The van der Waals surface area contributed by atoms with E-state index in [9.17, 15) is 0 Å². The molecule has 0 N–H and O–H groups in total. The summed E-state index contributed by atoms with van der Waals surface area (Å²) in [5.41, 5.74) is 0.967. The molecule has 0 aliphatic carbocycles. The highest BCUT2D eigenvalue weighted by molar-refractivity contribution is 6.30. The van der Waals surface area contributed by atoms with Crippen molar-refractivity contribution in [2.75, 3.05) is 13.1 Å². The quantitative estimate of drug-likeness (QED) is 0.795. The maximum absolute atomic E-state index is 6.09. The molecule has 1 atom stereocenters. The number of aromatic nitrogens is 2. The van der Waals surface area contributed by atoms with E-state index in [1.165, 1.54) is 19.4 Å². The number of likely N-dealkylation sites (tertiary alicyclic amines) is 1. The predicted molar refractivity (Wildman–Crippen MR) is 65.7 cm³/mol. The molecule has 4 heteroatoms. The molecule has 2 heterocycles. The van der Waals surface area contributed by atoms with E-state index in [1.807, 2.05) is 0 Å². The summed E-state index contributed by atoms with van der Waals surface area (Å²) >= 11 is 6.09. The van der Waals surface area contributed by atoms with Gasteiger partial charge in [-0.05, 0) is 33.2 Å². The van der Waals surface area contributed by atoms with Gasteiger partial charge in [0.1, 0.15) is 0 Å². The van der Waals surface area contributed by atoms with Crippen LogP contribution in [0.2, 0.25) is 5.15 Å². The summed E-state index contributed by atoms with van der Waals surface area (Å²) < 4.78 is 0. The summed E-state index contributed by atoms with van der Waals surface area (Å²) in [4.78, 5) is 11.0. The van der Waals surface area contributed by atoms with Crippen LogP contribution in [0.3, 0.4) is 0 Å². The first-order chi connectivity index (χ1) is 7.68. The van der Waals surface area contributed by atoms with Crippen molar-refractivity contribution in [3.8, 4) is 0 Å². The lowest BCUT2D eigenvalue weighted by molar-refractivity contribution is 0.166. The van der Waals surface area contributed by atoms with Gasteiger partial charge in [-0.1, -0.05) is 11.6 Å². The van der Waals surface area contributed by atoms with Crippen molar-refractivity contribution in [2.45, 2.75) is 38.6 Å². The van der Waals surface area contributed by atoms with Crippen LogP contribution < -0.4 is 0 Å². The van der Waals surface area contributed by atoms with Crippen molar-refractivity contribution >= 4 is 11.6 Å². The topological polar surface area (TPSA) is 29.0 Å². The summed E-state index contributed by atoms with van der Waals surface area (Å²) in [6, 6.07) is 0.596. The van der Waals surface area contributed by atoms with E-state index in [2.05, 4.69) is 28.7 Å². The highest BCUT2D eigenvalue weighted by atomic mass is 35.5. The van der Waals surface area contributed by atoms with Crippen LogP contribution in [0.4, 0.5) is 0 Å². The van der Waals surface area contributed by atoms with E-state index in [0.717, 1.165) is 12.2 Å². The monoisotopic (exact) mass is 239 g/mol. The number of halogens is 1. The van der Waals surface area contributed by atoms with Gasteiger partial charge in [0.25, 0.3) is 0 Å². The summed E-state index contributed by atoms with van der Waals surface area (Å²) in [7, 11) is 0. The van der Waals surface area contributed by atoms with Crippen LogP contribution in [0.15, 0.2) is 12.4 Å². The molecule has 0 unspecified atom stereocenters. The SMILES string of the molecule is CC(C)N1CCC[C@H](c2nccnc2Cl)C1. The first-order valence-electron chi connectivity index (χ1n) is 5.89. The lowest BCUT2D eigenvalue weighted by Crippen LogP contribution is -2.39. The molecule has 88 valence electrons. The van der Waals surface area contributed by atoms with Gasteiger partial charge < -0.3 is 4.90 Å². The Bertz CT molecular complexity index is 354. The van der Waals surface area contributed by atoms with Crippen LogP contribution in [-0.4, -0.2) is 34.0 Å². The molecular formula is C12H18ClN3. The Balaban J connectivity index is 2.13. The van der Waals surface area contributed by atoms with Crippen molar-refractivity contribution in [3.05, 3.63) is 23.2 Å². The molecule has 0 radical (unpaired) electrons. The third-order valence-corrected chi connectivity index (χ3v) is 3.54. The van der Waals surface area contributed by atoms with Crippen molar-refractivity contribution < 1.29 is 0 Å². The van der Waals surface area contributed by atoms with Crippen molar-refractivity contribution in [1.29, 1.82) is 0 Å². The molecule has 1 aromatic rings. The minimum absolute atomic E-state index is 0.442. The Labute approximate surface area is 102 Å². The zero-order valence-electron chi connectivity index (χ0n) is 9.86. The summed E-state index contributed by atoms with van der Waals surface area (Å²) in [6.45, 7) is 6.71. The molecule has 3 nitrogen and oxygen atoms in total. The molecule has 1 aliphatic rings. The highest BCUT2D eigenvalue weighted by Crippen LogP contribution is 2.29. The largest absolute Gasteiger partial charge is 0.300 e. The standard InChI is InChI=1S/C12H18ClN3/c1-9(2)16-7-3-4-10(8-16)11-12(13)15-6-5-14-11/h5-6,9-10H,3-4,7-8H2,1-2H3/t10-/m0/s1. The Morgan fingerprint density at radius 3 is 2.81 bits per heavy atom. The average molecular weight is 240 g/mol. The van der Waals surface area contributed by atoms with Gasteiger partial charge in [0.15, 0.2) is 5.15 Å². The first-order valence-corrected chi connectivity index (χ1v) is 6.26. The molecular weight excluding hydrogens is 222 g/mol. The molecule has 1 aromatic heterocycles. The van der Waals surface area contributed by atoms with Crippen LogP contribution >= 0.6 is 11.6 Å². The number of hydrogen-bond acceptors (Lipinski definition) is 3. The second-order valence-corrected chi connectivity index (χ2v) is 5.02. The third kappa shape index (κ3) is 2.53. The Kier molecular flexibility index (Phi) is 3.77. The van der Waals surface area contributed by atoms with Crippen LogP contribution in [-0.2, 0) is 0 Å². The average Bonchev–Trinajstić information content (AvgIpc) is 2.30. The molecule has 1 fully saturated rings. The van der Waals surface area contributed by atoms with Crippen LogP contribution in [0.25, 0.3) is 0 Å². The molecule has 0 aromatic carbocycles. The smallest absolute Gasteiger partial charge is 0.150 e. The molecule has 1 saturated heterocycles. The molecule has 0 amide bonds. The maximum Gasteiger partial charge on any atom is 0.150 e. The van der Waals surface area contributed by atoms with Crippen molar-refractivity contribution in [1.82, 2.24) is 14.9 Å². The van der Waals surface area contributed by atoms with Crippen LogP contribution in [0, 0.1) is 0 Å². The van der Waals surface area contributed by atoms with Gasteiger partial charge in [0.2, 0.25) is 0 Å². The lowest BCUT2D eigenvalue weighted by Gasteiger charge is -2.35. The zero-order valence-corrected chi connectivity index (χ0v) is 10.6. The molecule has 16 heavy (non-hydrogen) atoms. The van der Waals surface area contributed by atoms with Gasteiger partial charge in [0.05, 0.1) is 5.69 Å². The van der Waals surface area contributed by atoms with Gasteiger partial charge in [-0.2, -0.15) is 0 Å². The van der Waals surface area contributed by atoms with Crippen LogP contribution in [0.5, 0.6) is 0 Å². The van der Waals surface area contributed by atoms with Gasteiger partial charge in [-0.3, -0.25) is 4.98 Å². The third-order valence-electron chi connectivity index (χ3n) is 3.25. The van der Waals surface area contributed by atoms with E-state index in [4.69, 9.17) is 11.6 Å². The fourth-order valence-corrected chi connectivity index (χ4v) is 2.56. The van der Waals surface area contributed by atoms with Gasteiger partial charge in [0, 0.05) is 30.9 Å². The van der Waals surface area contributed by atoms with Crippen molar-refractivity contribution in [3.63, 3.8) is 0 Å². The summed E-state index contributed by atoms with van der Waals surface area (Å²) in [6.07, 6.45) is 5.77. The van der Waals surface area contributed by atoms with E-state index in [-0.39, 0.29) is 0 Å². The predicted octanol–water partition coefficient (Wildman–Crippen LogP) is 2.72. The minimum Gasteiger partial charge on any atom is -0.300 e. The maximum atomic E-state index is 6.09. The van der Waals surface area contributed by atoms with Gasteiger partial charge >= 0.3 is 0 Å². The second-order valence-electron chi connectivity index (χ2n) is 4.66. The summed E-state index contributed by atoms with van der Waals surface area (Å²) in [5, 5.41) is 0.568. The Morgan fingerprint density at radius 1 is 1.38 bits per heavy atom.